The summed E-state index contributed by atoms with van der Waals surface area (Å²) in [6.45, 7) is 7.09. The van der Waals surface area contributed by atoms with E-state index in [4.69, 9.17) is 28.6 Å². The summed E-state index contributed by atoms with van der Waals surface area (Å²) in [5, 5.41) is 17.7. The number of amides is 4. The molecule has 0 aliphatic carbocycles. The third kappa shape index (κ3) is 8.89. The van der Waals surface area contributed by atoms with Gasteiger partial charge in [0.05, 0.1) is 34.5 Å². The molecule has 3 aliphatic rings. The molecule has 3 aromatic carbocycles. The Bertz CT molecular complexity index is 2100. The number of nitrogens with one attached hydrogen (secondary N) is 3. The first-order valence-electron chi connectivity index (χ1n) is 17.7. The third-order valence-corrected chi connectivity index (χ3v) is 10.4. The van der Waals surface area contributed by atoms with Gasteiger partial charge >= 0.3 is 6.18 Å². The van der Waals surface area contributed by atoms with Gasteiger partial charge in [-0.15, -0.1) is 0 Å². The minimum atomic E-state index is -4.81. The molecule has 0 bridgehead atoms. The summed E-state index contributed by atoms with van der Waals surface area (Å²) in [5.74, 6) is -0.985. The number of piperidine rings is 1. The van der Waals surface area contributed by atoms with Crippen LogP contribution in [0.2, 0.25) is 5.02 Å². The van der Waals surface area contributed by atoms with Crippen LogP contribution in [0.25, 0.3) is 0 Å². The molecule has 3 N–H and O–H groups in total. The Kier molecular flexibility index (Phi) is 11.9. The average Bonchev–Trinajstić information content (AvgIpc) is 3.32. The van der Waals surface area contributed by atoms with Crippen LogP contribution in [0.3, 0.4) is 0 Å². The second-order valence-corrected chi connectivity index (χ2v) is 14.8. The van der Waals surface area contributed by atoms with Gasteiger partial charge in [-0.1, -0.05) is 17.7 Å². The fourth-order valence-corrected chi connectivity index (χ4v) is 7.54. The van der Waals surface area contributed by atoms with Crippen LogP contribution in [-0.2, 0) is 25.4 Å². The Labute approximate surface area is 331 Å². The quantitative estimate of drug-likeness (QED) is 0.178. The second-order valence-electron chi connectivity index (χ2n) is 14.0. The van der Waals surface area contributed by atoms with E-state index < -0.39 is 34.8 Å². The first kappa shape index (κ1) is 40.4. The van der Waals surface area contributed by atoms with Crippen molar-refractivity contribution in [2.45, 2.75) is 44.4 Å². The molecule has 4 amide bonds. The maximum Gasteiger partial charge on any atom is 0.417 e. The summed E-state index contributed by atoms with van der Waals surface area (Å²) in [6, 6.07) is 16.0. The number of carbonyl (C=O) groups is 4. The van der Waals surface area contributed by atoms with Crippen molar-refractivity contribution < 1.29 is 37.1 Å². The number of carbonyl (C=O) groups excluding carboxylic acids is 4. The van der Waals surface area contributed by atoms with Crippen LogP contribution < -0.4 is 30.5 Å². The number of rotatable bonds is 11. The summed E-state index contributed by atoms with van der Waals surface area (Å²) in [4.78, 5) is 56.7. The van der Waals surface area contributed by atoms with Gasteiger partial charge in [0, 0.05) is 56.2 Å². The molecule has 56 heavy (non-hydrogen) atoms. The van der Waals surface area contributed by atoms with E-state index in [0.717, 1.165) is 17.0 Å². The lowest BCUT2D eigenvalue weighted by Gasteiger charge is -2.34. The molecule has 3 aromatic rings. The second kappa shape index (κ2) is 16.4. The number of hydrogen-bond donors (Lipinski definition) is 3. The topological polar surface area (TPSA) is 150 Å². The Morgan fingerprint density at radius 3 is 2.39 bits per heavy atom. The largest absolute Gasteiger partial charge is 0.491 e. The number of imide groups is 1. The van der Waals surface area contributed by atoms with E-state index in [1.807, 2.05) is 0 Å². The molecule has 0 spiro atoms. The molecule has 3 aliphatic heterocycles. The smallest absolute Gasteiger partial charge is 0.417 e. The number of thiocarbonyl (C=S) groups is 1. The van der Waals surface area contributed by atoms with Gasteiger partial charge < -0.3 is 20.3 Å². The van der Waals surface area contributed by atoms with Gasteiger partial charge in [-0.25, -0.2) is 0 Å². The van der Waals surface area contributed by atoms with Gasteiger partial charge in [0.25, 0.3) is 5.91 Å². The van der Waals surface area contributed by atoms with Gasteiger partial charge in [-0.3, -0.25) is 39.2 Å². The van der Waals surface area contributed by atoms with Crippen molar-refractivity contribution in [3.8, 4) is 11.8 Å². The van der Waals surface area contributed by atoms with Crippen molar-refractivity contribution in [3.63, 3.8) is 0 Å². The Morgan fingerprint density at radius 1 is 1.02 bits per heavy atom. The van der Waals surface area contributed by atoms with E-state index >= 15 is 0 Å². The van der Waals surface area contributed by atoms with Gasteiger partial charge in [0.15, 0.2) is 5.11 Å². The molecule has 3 saturated heterocycles. The zero-order valence-electron chi connectivity index (χ0n) is 30.4. The van der Waals surface area contributed by atoms with E-state index in [0.29, 0.717) is 68.6 Å². The fraction of sp³-hybridized carbons (Fsp3) is 0.368. The average molecular weight is 811 g/mol. The maximum atomic E-state index is 13.7. The zero-order chi connectivity index (χ0) is 40.4. The van der Waals surface area contributed by atoms with Crippen molar-refractivity contribution in [2.75, 3.05) is 66.3 Å². The predicted molar refractivity (Wildman–Crippen MR) is 207 cm³/mol. The summed E-state index contributed by atoms with van der Waals surface area (Å²) >= 11 is 12.2. The molecule has 3 fully saturated rings. The highest BCUT2D eigenvalue weighted by atomic mass is 35.5. The fourth-order valence-electron chi connectivity index (χ4n) is 6.78. The van der Waals surface area contributed by atoms with Crippen LogP contribution in [0.1, 0.15) is 37.8 Å². The number of ether oxygens (including phenoxy) is 1. The molecular formula is C38H38ClF3N8O5S. The lowest BCUT2D eigenvalue weighted by atomic mass is 10.0. The molecule has 0 aromatic heterocycles. The number of nitrogens with zero attached hydrogens (tertiary/aromatic N) is 5. The SMILES string of the molecule is CC1(C)C(=O)N(c2ccc(C#N)c(C(F)(F)F)c2)C(=S)N1c1ccc(OCCN2CCN(CC(=O)Nc3cccc(NC4CCC(=O)NC4=O)c3)CC2)c(Cl)c1. The van der Waals surface area contributed by atoms with Crippen molar-refractivity contribution in [1.82, 2.24) is 15.1 Å². The maximum absolute atomic E-state index is 13.7. The number of piperazine rings is 1. The molecule has 0 saturated carbocycles. The van der Waals surface area contributed by atoms with E-state index in [2.05, 4.69) is 25.8 Å². The zero-order valence-corrected chi connectivity index (χ0v) is 32.0. The first-order chi connectivity index (χ1) is 26.5. The van der Waals surface area contributed by atoms with Crippen LogP contribution in [0, 0.1) is 11.3 Å². The van der Waals surface area contributed by atoms with Crippen LogP contribution in [0.4, 0.5) is 35.9 Å². The predicted octanol–water partition coefficient (Wildman–Crippen LogP) is 5.00. The standard InChI is InChI=1S/C38H38ClF3N8O5S/c1-37(2)35(54)49(26-7-6-23(21-43)28(19-26)38(40,41)42)36(56)50(37)27-8-10-31(29(39)20-27)55-17-16-47-12-14-48(15-13-47)22-33(52)45-25-5-3-4-24(18-25)44-30-9-11-32(51)46-34(30)53/h3-8,10,18-20,30,44H,9,11-17,22H2,1-2H3,(H,45,52)(H,46,51,53). The highest BCUT2D eigenvalue weighted by molar-refractivity contribution is 7.81. The summed E-state index contributed by atoms with van der Waals surface area (Å²) in [5.41, 5.74) is -1.44. The molecule has 1 unspecified atom stereocenters. The summed E-state index contributed by atoms with van der Waals surface area (Å²) < 4.78 is 47.1. The molecule has 18 heteroatoms. The van der Waals surface area contributed by atoms with Crippen molar-refractivity contribution in [1.29, 1.82) is 5.26 Å². The van der Waals surface area contributed by atoms with Gasteiger partial charge in [-0.2, -0.15) is 18.4 Å². The first-order valence-corrected chi connectivity index (χ1v) is 18.5. The summed E-state index contributed by atoms with van der Waals surface area (Å²) in [6.07, 6.45) is -4.16. The minimum absolute atomic E-state index is 0.0484. The minimum Gasteiger partial charge on any atom is -0.491 e. The van der Waals surface area contributed by atoms with Crippen LogP contribution in [-0.4, -0.2) is 96.0 Å². The summed E-state index contributed by atoms with van der Waals surface area (Å²) in [7, 11) is 0. The highest BCUT2D eigenvalue weighted by Crippen LogP contribution is 2.41. The van der Waals surface area contributed by atoms with Gasteiger partial charge in [-0.05, 0) is 87.1 Å². The van der Waals surface area contributed by atoms with Gasteiger partial charge in [0.2, 0.25) is 17.7 Å². The molecule has 3 heterocycles. The molecule has 6 rings (SSSR count). The monoisotopic (exact) mass is 810 g/mol. The van der Waals surface area contributed by atoms with E-state index in [9.17, 15) is 37.6 Å². The number of nitriles is 1. The Balaban J connectivity index is 0.976. The van der Waals surface area contributed by atoms with Crippen LogP contribution in [0.15, 0.2) is 60.7 Å². The highest BCUT2D eigenvalue weighted by Gasteiger charge is 2.51. The van der Waals surface area contributed by atoms with Crippen molar-refractivity contribution >= 4 is 75.3 Å². The molecule has 13 nitrogen and oxygen atoms in total. The molecule has 1 atom stereocenters. The normalized spacial score (nSPS) is 19.1. The number of benzene rings is 3. The van der Waals surface area contributed by atoms with E-state index in [1.54, 1.807) is 56.3 Å². The Hall–Kier alpha value is -5.28. The lowest BCUT2D eigenvalue weighted by molar-refractivity contribution is -0.138. The van der Waals surface area contributed by atoms with Crippen LogP contribution in [0.5, 0.6) is 5.75 Å². The van der Waals surface area contributed by atoms with E-state index in [1.165, 1.54) is 17.0 Å². The molecule has 0 radical (unpaired) electrons. The van der Waals surface area contributed by atoms with Crippen molar-refractivity contribution in [3.05, 3.63) is 76.8 Å². The van der Waals surface area contributed by atoms with E-state index in [-0.39, 0.29) is 46.5 Å². The Morgan fingerprint density at radius 2 is 1.71 bits per heavy atom. The molecule has 294 valence electrons. The lowest BCUT2D eigenvalue weighted by Crippen LogP contribution is -2.49. The number of anilines is 4. The number of hydrogen-bond acceptors (Lipinski definition) is 10. The van der Waals surface area contributed by atoms with Crippen LogP contribution >= 0.6 is 23.8 Å². The van der Waals surface area contributed by atoms with Gasteiger partial charge in [0.1, 0.15) is 23.9 Å². The third-order valence-electron chi connectivity index (χ3n) is 9.75. The van der Waals surface area contributed by atoms with Crippen molar-refractivity contribution in [2.24, 2.45) is 0 Å². The number of halogens is 4. The molecular weight excluding hydrogens is 773 g/mol. The number of alkyl halides is 3.